The number of nitrogen functional groups attached to an aromatic ring is 1. The average molecular weight is 275 g/mol. The van der Waals surface area contributed by atoms with E-state index in [0.717, 1.165) is 15.8 Å². The Labute approximate surface area is 112 Å². The van der Waals surface area contributed by atoms with Crippen molar-refractivity contribution in [1.82, 2.24) is 9.97 Å². The third-order valence-corrected chi connectivity index (χ3v) is 3.76. The molecule has 6 heteroatoms. The maximum atomic E-state index is 13.4. The van der Waals surface area contributed by atoms with Gasteiger partial charge < -0.3 is 10.5 Å². The lowest BCUT2D eigenvalue weighted by Crippen LogP contribution is -1.93. The normalized spacial score (nSPS) is 10.8. The SMILES string of the molecule is Cc1csc2c(Oc3ccc(N)c(F)c3)ncnc12. The number of fused-ring (bicyclic) bond motifs is 1. The number of hydrogen-bond acceptors (Lipinski definition) is 5. The standard InChI is InChI=1S/C13H10FN3OS/c1-7-5-19-12-11(7)16-6-17-13(12)18-8-2-3-10(15)9(14)4-8/h2-6H,15H2,1H3. The first kappa shape index (κ1) is 11.9. The molecule has 2 N–H and O–H groups in total. The third kappa shape index (κ3) is 2.10. The van der Waals surface area contributed by atoms with Crippen molar-refractivity contribution >= 4 is 27.2 Å². The van der Waals surface area contributed by atoms with Crippen molar-refractivity contribution in [2.24, 2.45) is 0 Å². The van der Waals surface area contributed by atoms with Crippen LogP contribution in [0.4, 0.5) is 10.1 Å². The Morgan fingerprint density at radius 2 is 2.16 bits per heavy atom. The van der Waals surface area contributed by atoms with Crippen molar-refractivity contribution in [3.8, 4) is 11.6 Å². The number of halogens is 1. The molecule has 0 aliphatic carbocycles. The number of nitrogens with zero attached hydrogens (tertiary/aromatic N) is 2. The molecule has 3 aromatic rings. The molecule has 0 radical (unpaired) electrons. The number of hydrogen-bond donors (Lipinski definition) is 1. The lowest BCUT2D eigenvalue weighted by molar-refractivity contribution is 0.464. The highest BCUT2D eigenvalue weighted by Crippen LogP contribution is 2.33. The molecule has 0 saturated carbocycles. The maximum Gasteiger partial charge on any atom is 0.240 e. The summed E-state index contributed by atoms with van der Waals surface area (Å²) in [4.78, 5) is 8.29. The van der Waals surface area contributed by atoms with Gasteiger partial charge in [-0.2, -0.15) is 0 Å². The van der Waals surface area contributed by atoms with Crippen LogP contribution in [0.25, 0.3) is 10.2 Å². The monoisotopic (exact) mass is 275 g/mol. The van der Waals surface area contributed by atoms with Gasteiger partial charge in [0.15, 0.2) is 0 Å². The van der Waals surface area contributed by atoms with Crippen LogP contribution < -0.4 is 10.5 Å². The molecule has 0 unspecified atom stereocenters. The zero-order valence-electron chi connectivity index (χ0n) is 10.1. The van der Waals surface area contributed by atoms with E-state index in [1.165, 1.54) is 29.8 Å². The van der Waals surface area contributed by atoms with Crippen LogP contribution in [0, 0.1) is 12.7 Å². The number of aryl methyl sites for hydroxylation is 1. The minimum atomic E-state index is -0.509. The Hall–Kier alpha value is -2.21. The first-order chi connectivity index (χ1) is 9.15. The fraction of sp³-hybridized carbons (Fsp3) is 0.0769. The lowest BCUT2D eigenvalue weighted by Gasteiger charge is -2.06. The first-order valence-corrected chi connectivity index (χ1v) is 6.45. The van der Waals surface area contributed by atoms with Crippen molar-refractivity contribution in [2.75, 3.05) is 5.73 Å². The van der Waals surface area contributed by atoms with Gasteiger partial charge in [0, 0.05) is 6.07 Å². The molecule has 0 atom stereocenters. The molecular weight excluding hydrogens is 265 g/mol. The molecule has 2 aromatic heterocycles. The highest BCUT2D eigenvalue weighted by molar-refractivity contribution is 7.17. The van der Waals surface area contributed by atoms with E-state index in [1.54, 1.807) is 6.07 Å². The van der Waals surface area contributed by atoms with E-state index in [0.29, 0.717) is 11.6 Å². The molecule has 0 amide bonds. The molecule has 0 bridgehead atoms. The van der Waals surface area contributed by atoms with Crippen LogP contribution in [0.15, 0.2) is 29.9 Å². The Bertz CT molecular complexity index is 757. The number of rotatable bonds is 2. The molecule has 96 valence electrons. The zero-order valence-corrected chi connectivity index (χ0v) is 10.9. The maximum absolute atomic E-state index is 13.4. The predicted octanol–water partition coefficient (Wildman–Crippen LogP) is 3.51. The van der Waals surface area contributed by atoms with Gasteiger partial charge in [0.1, 0.15) is 22.6 Å². The average Bonchev–Trinajstić information content (AvgIpc) is 2.77. The van der Waals surface area contributed by atoms with Gasteiger partial charge in [-0.05, 0) is 30.0 Å². The summed E-state index contributed by atoms with van der Waals surface area (Å²) in [5, 5.41) is 1.98. The second-order valence-corrected chi connectivity index (χ2v) is 4.94. The van der Waals surface area contributed by atoms with Crippen LogP contribution in [0.3, 0.4) is 0 Å². The van der Waals surface area contributed by atoms with Crippen LogP contribution in [0.2, 0.25) is 0 Å². The van der Waals surface area contributed by atoms with Gasteiger partial charge in [-0.1, -0.05) is 0 Å². The van der Waals surface area contributed by atoms with Crippen molar-refractivity contribution in [3.05, 3.63) is 41.3 Å². The van der Waals surface area contributed by atoms with E-state index in [1.807, 2.05) is 12.3 Å². The molecular formula is C13H10FN3OS. The van der Waals surface area contributed by atoms with E-state index < -0.39 is 5.82 Å². The molecule has 3 rings (SSSR count). The van der Waals surface area contributed by atoms with E-state index in [4.69, 9.17) is 10.5 Å². The molecule has 0 saturated heterocycles. The Kier molecular flexibility index (Phi) is 2.79. The van der Waals surface area contributed by atoms with Crippen LogP contribution >= 0.6 is 11.3 Å². The number of aromatic nitrogens is 2. The van der Waals surface area contributed by atoms with Crippen LogP contribution in [-0.2, 0) is 0 Å². The lowest BCUT2D eigenvalue weighted by atomic mass is 10.3. The molecule has 19 heavy (non-hydrogen) atoms. The van der Waals surface area contributed by atoms with Crippen LogP contribution in [0.1, 0.15) is 5.56 Å². The molecule has 1 aromatic carbocycles. The Morgan fingerprint density at radius 3 is 2.95 bits per heavy atom. The van der Waals surface area contributed by atoms with Gasteiger partial charge in [0.05, 0.1) is 11.2 Å². The molecule has 0 aliphatic heterocycles. The third-order valence-electron chi connectivity index (χ3n) is 2.68. The molecule has 0 fully saturated rings. The largest absolute Gasteiger partial charge is 0.437 e. The summed E-state index contributed by atoms with van der Waals surface area (Å²) in [7, 11) is 0. The first-order valence-electron chi connectivity index (χ1n) is 5.57. The Morgan fingerprint density at radius 1 is 1.32 bits per heavy atom. The number of benzene rings is 1. The fourth-order valence-electron chi connectivity index (χ4n) is 1.70. The predicted molar refractivity (Wildman–Crippen MR) is 73.0 cm³/mol. The number of thiophene rings is 1. The van der Waals surface area contributed by atoms with Crippen LogP contribution in [0.5, 0.6) is 11.6 Å². The molecule has 4 nitrogen and oxygen atoms in total. The summed E-state index contributed by atoms with van der Waals surface area (Å²) in [6, 6.07) is 4.30. The number of nitrogens with two attached hydrogens (primary N) is 1. The van der Waals surface area contributed by atoms with E-state index >= 15 is 0 Å². The topological polar surface area (TPSA) is 61.0 Å². The van der Waals surface area contributed by atoms with E-state index in [-0.39, 0.29) is 5.69 Å². The summed E-state index contributed by atoms with van der Waals surface area (Å²) in [5.74, 6) is 0.273. The van der Waals surface area contributed by atoms with Gasteiger partial charge in [0.2, 0.25) is 5.88 Å². The zero-order chi connectivity index (χ0) is 13.4. The minimum absolute atomic E-state index is 0.0900. The highest BCUT2D eigenvalue weighted by atomic mass is 32.1. The summed E-state index contributed by atoms with van der Waals surface area (Å²) < 4.78 is 19.8. The van der Waals surface area contributed by atoms with E-state index in [2.05, 4.69) is 9.97 Å². The Balaban J connectivity index is 2.03. The molecule has 0 aliphatic rings. The van der Waals surface area contributed by atoms with Crippen molar-refractivity contribution in [3.63, 3.8) is 0 Å². The van der Waals surface area contributed by atoms with Crippen molar-refractivity contribution in [1.29, 1.82) is 0 Å². The summed E-state index contributed by atoms with van der Waals surface area (Å²) in [6.45, 7) is 1.97. The van der Waals surface area contributed by atoms with Crippen molar-refractivity contribution in [2.45, 2.75) is 6.92 Å². The second-order valence-electron chi connectivity index (χ2n) is 4.06. The molecule has 2 heterocycles. The fourth-order valence-corrected chi connectivity index (χ4v) is 2.63. The highest BCUT2D eigenvalue weighted by Gasteiger charge is 2.10. The number of ether oxygens (including phenoxy) is 1. The van der Waals surface area contributed by atoms with Crippen molar-refractivity contribution < 1.29 is 9.13 Å². The van der Waals surface area contributed by atoms with E-state index in [9.17, 15) is 4.39 Å². The summed E-state index contributed by atoms with van der Waals surface area (Å²) in [5.41, 5.74) is 7.43. The van der Waals surface area contributed by atoms with Gasteiger partial charge in [-0.3, -0.25) is 0 Å². The smallest absolute Gasteiger partial charge is 0.240 e. The number of anilines is 1. The second kappa shape index (κ2) is 4.47. The van der Waals surface area contributed by atoms with Gasteiger partial charge >= 0.3 is 0 Å². The molecule has 0 spiro atoms. The van der Waals surface area contributed by atoms with Crippen LogP contribution in [-0.4, -0.2) is 9.97 Å². The quantitative estimate of drug-likeness (QED) is 0.727. The van der Waals surface area contributed by atoms with Gasteiger partial charge in [0.25, 0.3) is 0 Å². The minimum Gasteiger partial charge on any atom is -0.437 e. The van der Waals surface area contributed by atoms with Gasteiger partial charge in [-0.25, -0.2) is 14.4 Å². The van der Waals surface area contributed by atoms with Gasteiger partial charge in [-0.15, -0.1) is 11.3 Å². The summed E-state index contributed by atoms with van der Waals surface area (Å²) >= 11 is 1.50. The summed E-state index contributed by atoms with van der Waals surface area (Å²) in [6.07, 6.45) is 1.44.